The Kier molecular flexibility index (Phi) is 4.43. The van der Waals surface area contributed by atoms with Crippen molar-refractivity contribution in [1.29, 1.82) is 0 Å². The molecule has 0 spiro atoms. The van der Waals surface area contributed by atoms with Crippen molar-refractivity contribution in [1.82, 2.24) is 9.88 Å². The highest BCUT2D eigenvalue weighted by atomic mass is 32.1. The second-order valence-electron chi connectivity index (χ2n) is 7.09. The molecule has 1 amide bonds. The van der Waals surface area contributed by atoms with E-state index in [1.807, 2.05) is 31.3 Å². The lowest BCUT2D eigenvalue weighted by Crippen LogP contribution is -2.31. The summed E-state index contributed by atoms with van der Waals surface area (Å²) in [6.45, 7) is 6.54. The molecule has 1 aliphatic rings. The van der Waals surface area contributed by atoms with Crippen LogP contribution in [0, 0.1) is 0 Å². The van der Waals surface area contributed by atoms with Crippen molar-refractivity contribution in [3.63, 3.8) is 0 Å². The number of thiocarbonyl (C=S) groups is 1. The molecule has 0 radical (unpaired) electrons. The van der Waals surface area contributed by atoms with E-state index in [-0.39, 0.29) is 11.3 Å². The highest BCUT2D eigenvalue weighted by Crippen LogP contribution is 2.28. The van der Waals surface area contributed by atoms with Gasteiger partial charge in [0.2, 0.25) is 0 Å². The Hall–Kier alpha value is -2.53. The number of anilines is 1. The smallest absolute Gasteiger partial charge is 0.281 e. The minimum atomic E-state index is -0.139. The zero-order valence-corrected chi connectivity index (χ0v) is 15.7. The fourth-order valence-corrected chi connectivity index (χ4v) is 2.99. The molecule has 0 unspecified atom stereocenters. The summed E-state index contributed by atoms with van der Waals surface area (Å²) in [4.78, 5) is 20.2. The zero-order chi connectivity index (χ0) is 18.2. The second-order valence-corrected chi connectivity index (χ2v) is 7.46. The minimum Gasteiger partial charge on any atom is -0.317 e. The summed E-state index contributed by atoms with van der Waals surface area (Å²) in [6, 6.07) is 11.9. The van der Waals surface area contributed by atoms with E-state index in [0.717, 1.165) is 5.56 Å². The quantitative estimate of drug-likeness (QED) is 0.606. The number of carbonyl (C=O) groups is 1. The molecule has 4 nitrogen and oxygen atoms in total. The van der Waals surface area contributed by atoms with Gasteiger partial charge in [-0.15, -0.1) is 0 Å². The highest BCUT2D eigenvalue weighted by molar-refractivity contribution is 7.80. The number of nitrogens with zero attached hydrogens (tertiary/aromatic N) is 3. The molecule has 1 saturated heterocycles. The molecule has 2 heterocycles. The summed E-state index contributed by atoms with van der Waals surface area (Å²) >= 11 is 5.45. The number of pyridine rings is 1. The van der Waals surface area contributed by atoms with Crippen LogP contribution < -0.4 is 4.90 Å². The van der Waals surface area contributed by atoms with Crippen molar-refractivity contribution < 1.29 is 4.79 Å². The van der Waals surface area contributed by atoms with Crippen LogP contribution in [0.1, 0.15) is 31.9 Å². The van der Waals surface area contributed by atoms with Gasteiger partial charge >= 0.3 is 0 Å². The Balaban J connectivity index is 1.93. The number of hydrogen-bond acceptors (Lipinski definition) is 3. The van der Waals surface area contributed by atoms with Gasteiger partial charge in [0.25, 0.3) is 5.91 Å². The molecule has 1 aromatic carbocycles. The van der Waals surface area contributed by atoms with Crippen LogP contribution in [0.25, 0.3) is 6.08 Å². The third kappa shape index (κ3) is 3.33. The van der Waals surface area contributed by atoms with E-state index in [9.17, 15) is 4.79 Å². The third-order valence-corrected chi connectivity index (χ3v) is 4.70. The Morgan fingerprint density at radius 1 is 1.12 bits per heavy atom. The van der Waals surface area contributed by atoms with Gasteiger partial charge in [0.05, 0.1) is 11.9 Å². The number of benzene rings is 1. The zero-order valence-electron chi connectivity index (χ0n) is 14.9. The van der Waals surface area contributed by atoms with Crippen LogP contribution >= 0.6 is 12.2 Å². The van der Waals surface area contributed by atoms with Gasteiger partial charge in [-0.2, -0.15) is 0 Å². The van der Waals surface area contributed by atoms with Crippen LogP contribution in [0.3, 0.4) is 0 Å². The molecule has 1 fully saturated rings. The number of hydrogen-bond donors (Lipinski definition) is 0. The Bertz CT molecular complexity index is 835. The lowest BCUT2D eigenvalue weighted by atomic mass is 9.87. The van der Waals surface area contributed by atoms with E-state index >= 15 is 0 Å². The average molecular weight is 351 g/mol. The first-order valence-electron chi connectivity index (χ1n) is 8.13. The SMILES string of the molecule is CN1C(=S)N(c2cccnc2)C(=O)/C1=C/c1ccc(C(C)(C)C)cc1. The number of carbonyl (C=O) groups excluding carboxylic acids is 1. The van der Waals surface area contributed by atoms with Crippen molar-refractivity contribution in [2.24, 2.45) is 0 Å². The molecule has 128 valence electrons. The largest absolute Gasteiger partial charge is 0.317 e. The predicted octanol–water partition coefficient (Wildman–Crippen LogP) is 3.98. The van der Waals surface area contributed by atoms with E-state index in [1.165, 1.54) is 10.5 Å². The summed E-state index contributed by atoms with van der Waals surface area (Å²) in [5.41, 5.74) is 3.56. The van der Waals surface area contributed by atoms with Gasteiger partial charge in [-0.3, -0.25) is 9.78 Å². The van der Waals surface area contributed by atoms with Crippen LogP contribution in [0.15, 0.2) is 54.5 Å². The monoisotopic (exact) mass is 351 g/mol. The molecule has 2 aromatic rings. The fourth-order valence-electron chi connectivity index (χ4n) is 2.71. The van der Waals surface area contributed by atoms with Gasteiger partial charge in [0.1, 0.15) is 5.70 Å². The number of aromatic nitrogens is 1. The molecule has 0 atom stereocenters. The van der Waals surface area contributed by atoms with E-state index in [1.54, 1.807) is 23.4 Å². The fraction of sp³-hybridized carbons (Fsp3) is 0.250. The normalized spacial score (nSPS) is 16.9. The van der Waals surface area contributed by atoms with Crippen molar-refractivity contribution in [2.45, 2.75) is 26.2 Å². The molecule has 25 heavy (non-hydrogen) atoms. The Morgan fingerprint density at radius 2 is 1.80 bits per heavy atom. The first-order valence-corrected chi connectivity index (χ1v) is 8.54. The first-order chi connectivity index (χ1) is 11.8. The van der Waals surface area contributed by atoms with E-state index < -0.39 is 0 Å². The Morgan fingerprint density at radius 3 is 2.36 bits per heavy atom. The standard InChI is InChI=1S/C20H21N3OS/c1-20(2,3)15-9-7-14(8-10-15)12-17-18(24)23(19(25)22(17)4)16-6-5-11-21-13-16/h5-13H,1-4H3/b17-12-. The van der Waals surface area contributed by atoms with Gasteiger partial charge in [-0.1, -0.05) is 45.0 Å². The van der Waals surface area contributed by atoms with Crippen LogP contribution in [0.4, 0.5) is 5.69 Å². The molecular weight excluding hydrogens is 330 g/mol. The molecular formula is C20H21N3OS. The van der Waals surface area contributed by atoms with Gasteiger partial charge in [0, 0.05) is 13.2 Å². The van der Waals surface area contributed by atoms with Gasteiger partial charge in [0.15, 0.2) is 5.11 Å². The molecule has 1 aromatic heterocycles. The van der Waals surface area contributed by atoms with E-state index in [4.69, 9.17) is 12.2 Å². The minimum absolute atomic E-state index is 0.102. The first kappa shape index (κ1) is 17.3. The van der Waals surface area contributed by atoms with E-state index in [2.05, 4.69) is 37.9 Å². The second kappa shape index (κ2) is 6.41. The Labute approximate surface area is 153 Å². The maximum Gasteiger partial charge on any atom is 0.281 e. The van der Waals surface area contributed by atoms with Crippen molar-refractivity contribution in [3.8, 4) is 0 Å². The van der Waals surface area contributed by atoms with Gasteiger partial charge in [-0.05, 0) is 47.0 Å². The average Bonchev–Trinajstić information content (AvgIpc) is 2.79. The molecule has 3 rings (SSSR count). The highest BCUT2D eigenvalue weighted by Gasteiger charge is 2.36. The van der Waals surface area contributed by atoms with Crippen LogP contribution in [0.2, 0.25) is 0 Å². The van der Waals surface area contributed by atoms with E-state index in [0.29, 0.717) is 16.5 Å². The van der Waals surface area contributed by atoms with Crippen LogP contribution in [0.5, 0.6) is 0 Å². The third-order valence-electron chi connectivity index (χ3n) is 4.25. The summed E-state index contributed by atoms with van der Waals surface area (Å²) in [5.74, 6) is -0.139. The van der Waals surface area contributed by atoms with Crippen molar-refractivity contribution in [3.05, 3.63) is 65.6 Å². The lowest BCUT2D eigenvalue weighted by molar-refractivity contribution is -0.114. The summed E-state index contributed by atoms with van der Waals surface area (Å²) in [5, 5.41) is 0.454. The predicted molar refractivity (Wildman–Crippen MR) is 105 cm³/mol. The summed E-state index contributed by atoms with van der Waals surface area (Å²) < 4.78 is 0. The molecule has 0 aliphatic carbocycles. The van der Waals surface area contributed by atoms with Crippen LogP contribution in [-0.2, 0) is 10.2 Å². The molecule has 0 saturated carbocycles. The molecule has 1 aliphatic heterocycles. The lowest BCUT2D eigenvalue weighted by Gasteiger charge is -2.19. The molecule has 5 heteroatoms. The molecule has 0 bridgehead atoms. The number of rotatable bonds is 2. The topological polar surface area (TPSA) is 36.4 Å². The van der Waals surface area contributed by atoms with Crippen LogP contribution in [-0.4, -0.2) is 28.0 Å². The van der Waals surface area contributed by atoms with Crippen molar-refractivity contribution in [2.75, 3.05) is 11.9 Å². The maximum absolute atomic E-state index is 12.9. The molecule has 0 N–H and O–H groups in total. The van der Waals surface area contributed by atoms with Gasteiger partial charge in [-0.25, -0.2) is 4.90 Å². The maximum atomic E-state index is 12.9. The number of amides is 1. The van der Waals surface area contributed by atoms with Gasteiger partial charge < -0.3 is 4.90 Å². The number of likely N-dealkylation sites (N-methyl/N-ethyl adjacent to an activating group) is 1. The summed E-state index contributed by atoms with van der Waals surface area (Å²) in [7, 11) is 1.81. The van der Waals surface area contributed by atoms with Crippen molar-refractivity contribution >= 4 is 35.0 Å². The summed E-state index contributed by atoms with van der Waals surface area (Å²) in [6.07, 6.45) is 5.18.